The highest BCUT2D eigenvalue weighted by Crippen LogP contribution is 2.31. The highest BCUT2D eigenvalue weighted by atomic mass is 32.2. The van der Waals surface area contributed by atoms with Gasteiger partial charge in [-0.05, 0) is 93.3 Å². The molecule has 0 saturated carbocycles. The van der Waals surface area contributed by atoms with Crippen molar-refractivity contribution in [1.82, 2.24) is 9.58 Å². The monoisotopic (exact) mass is 433 g/mol. The number of aryl methyl sites for hydroxylation is 3. The molecule has 0 unspecified atom stereocenters. The van der Waals surface area contributed by atoms with Crippen LogP contribution in [0.2, 0.25) is 0 Å². The van der Waals surface area contributed by atoms with Crippen LogP contribution in [0, 0.1) is 33.1 Å². The second kappa shape index (κ2) is 8.30. The van der Waals surface area contributed by atoms with Crippen molar-refractivity contribution in [2.24, 2.45) is 10.1 Å². The maximum atomic E-state index is 12.7. The van der Waals surface area contributed by atoms with Crippen LogP contribution >= 0.6 is 11.8 Å². The van der Waals surface area contributed by atoms with Crippen LogP contribution in [0.1, 0.15) is 54.3 Å². The number of thioether (sulfide) groups is 1. The number of nitrogens with zero attached hydrogens (tertiary/aromatic N) is 4. The second-order valence-corrected chi connectivity index (χ2v) is 9.09. The van der Waals surface area contributed by atoms with E-state index in [2.05, 4.69) is 60.6 Å². The lowest BCUT2D eigenvalue weighted by atomic mass is 10.1. The molecular weight excluding hydrogens is 406 g/mol. The minimum absolute atomic E-state index is 0.0879. The molecule has 0 saturated heterocycles. The van der Waals surface area contributed by atoms with E-state index in [0.29, 0.717) is 5.17 Å². The van der Waals surface area contributed by atoms with Gasteiger partial charge in [-0.15, -0.1) is 0 Å². The SMILES string of the molecule is CCCCC1=NN2C(=N)/C(=C/c3cc(C)n(-c4ccc(C)c(C)c4)c3C)C(=O)N=C2S1. The summed E-state index contributed by atoms with van der Waals surface area (Å²) in [6.07, 6.45) is 4.72. The molecule has 2 aliphatic heterocycles. The predicted octanol–water partition coefficient (Wildman–Crippen LogP) is 5.52. The van der Waals surface area contributed by atoms with Crippen LogP contribution < -0.4 is 0 Å². The lowest BCUT2D eigenvalue weighted by Gasteiger charge is -2.20. The molecule has 0 atom stereocenters. The van der Waals surface area contributed by atoms with Crippen molar-refractivity contribution in [2.45, 2.75) is 53.9 Å². The molecule has 1 N–H and O–H groups in total. The zero-order valence-corrected chi connectivity index (χ0v) is 19.4. The van der Waals surface area contributed by atoms with Gasteiger partial charge in [-0.2, -0.15) is 15.1 Å². The van der Waals surface area contributed by atoms with Crippen molar-refractivity contribution in [3.63, 3.8) is 0 Å². The molecule has 3 heterocycles. The topological polar surface area (TPSA) is 73.8 Å². The molecule has 31 heavy (non-hydrogen) atoms. The van der Waals surface area contributed by atoms with Gasteiger partial charge in [0.1, 0.15) is 5.04 Å². The number of carbonyl (C=O) groups excluding carboxylic acids is 1. The fourth-order valence-corrected chi connectivity index (χ4v) is 4.74. The smallest absolute Gasteiger partial charge is 0.283 e. The number of aliphatic imine (C=N–C) groups is 1. The van der Waals surface area contributed by atoms with Gasteiger partial charge in [-0.3, -0.25) is 10.2 Å². The molecule has 2 aliphatic rings. The number of aromatic nitrogens is 1. The third-order valence-corrected chi connectivity index (χ3v) is 6.73. The molecule has 1 amide bonds. The Kier molecular flexibility index (Phi) is 5.71. The first kappa shape index (κ1) is 21.3. The van der Waals surface area contributed by atoms with Crippen LogP contribution in [-0.4, -0.2) is 31.5 Å². The summed E-state index contributed by atoms with van der Waals surface area (Å²) in [6, 6.07) is 8.45. The summed E-state index contributed by atoms with van der Waals surface area (Å²) in [6.45, 7) is 10.4. The van der Waals surface area contributed by atoms with Crippen molar-refractivity contribution in [3.05, 3.63) is 57.9 Å². The van der Waals surface area contributed by atoms with Crippen molar-refractivity contribution in [3.8, 4) is 5.69 Å². The molecule has 0 radical (unpaired) electrons. The van der Waals surface area contributed by atoms with E-state index >= 15 is 0 Å². The fourth-order valence-electron chi connectivity index (χ4n) is 3.81. The summed E-state index contributed by atoms with van der Waals surface area (Å²) in [7, 11) is 0. The summed E-state index contributed by atoms with van der Waals surface area (Å²) in [4.78, 5) is 16.9. The zero-order valence-electron chi connectivity index (χ0n) is 18.6. The van der Waals surface area contributed by atoms with Gasteiger partial charge < -0.3 is 4.57 Å². The number of unbranched alkanes of at least 4 members (excludes halogenated alkanes) is 1. The standard InChI is InChI=1S/C24H27N5OS/c1-6-7-8-21-27-29-22(25)20(23(30)26-24(29)31-21)13-18-12-16(4)28(17(18)5)19-10-9-14(2)15(3)11-19/h9-13,25H,6-8H2,1-5H3/b20-13-,25-22?. The molecule has 160 valence electrons. The lowest BCUT2D eigenvalue weighted by Crippen LogP contribution is -2.35. The van der Waals surface area contributed by atoms with Crippen LogP contribution in [0.25, 0.3) is 11.8 Å². The molecule has 7 heteroatoms. The Morgan fingerprint density at radius 1 is 1.13 bits per heavy atom. The predicted molar refractivity (Wildman–Crippen MR) is 129 cm³/mol. The number of carbonyl (C=O) groups is 1. The summed E-state index contributed by atoms with van der Waals surface area (Å²) in [5.41, 5.74) is 6.85. The van der Waals surface area contributed by atoms with Gasteiger partial charge in [0, 0.05) is 17.1 Å². The molecular formula is C24H27N5OS. The van der Waals surface area contributed by atoms with Crippen LogP contribution in [0.4, 0.5) is 0 Å². The number of hydrazone groups is 1. The van der Waals surface area contributed by atoms with Gasteiger partial charge >= 0.3 is 0 Å². The van der Waals surface area contributed by atoms with Crippen molar-refractivity contribution >= 4 is 39.8 Å². The Labute approximate surface area is 187 Å². The zero-order chi connectivity index (χ0) is 22.3. The van der Waals surface area contributed by atoms with E-state index in [4.69, 9.17) is 5.41 Å². The number of amides is 1. The van der Waals surface area contributed by atoms with Crippen LogP contribution in [0.5, 0.6) is 0 Å². The molecule has 1 aromatic heterocycles. The van der Waals surface area contributed by atoms with Gasteiger partial charge in [0.15, 0.2) is 5.84 Å². The molecule has 0 fully saturated rings. The van der Waals surface area contributed by atoms with Crippen molar-refractivity contribution in [1.29, 1.82) is 5.41 Å². The lowest BCUT2D eigenvalue weighted by molar-refractivity contribution is -0.114. The minimum Gasteiger partial charge on any atom is -0.318 e. The van der Waals surface area contributed by atoms with Crippen molar-refractivity contribution in [2.75, 3.05) is 0 Å². The van der Waals surface area contributed by atoms with Crippen LogP contribution in [0.15, 0.2) is 39.9 Å². The number of hydrogen-bond donors (Lipinski definition) is 1. The first-order valence-electron chi connectivity index (χ1n) is 10.6. The number of benzene rings is 1. The van der Waals surface area contributed by atoms with E-state index < -0.39 is 0 Å². The normalized spacial score (nSPS) is 17.3. The Morgan fingerprint density at radius 2 is 1.90 bits per heavy atom. The van der Waals surface area contributed by atoms with Gasteiger partial charge in [0.05, 0.1) is 5.57 Å². The van der Waals surface area contributed by atoms with E-state index in [0.717, 1.165) is 46.9 Å². The molecule has 4 rings (SSSR count). The van der Waals surface area contributed by atoms with Gasteiger partial charge in [0.2, 0.25) is 5.17 Å². The van der Waals surface area contributed by atoms with E-state index in [9.17, 15) is 4.79 Å². The molecule has 6 nitrogen and oxygen atoms in total. The first-order valence-corrected chi connectivity index (χ1v) is 11.4. The maximum absolute atomic E-state index is 12.7. The molecule has 0 bridgehead atoms. The Morgan fingerprint density at radius 3 is 2.61 bits per heavy atom. The Bertz CT molecular complexity index is 1180. The number of amidine groups is 2. The fraction of sp³-hybridized carbons (Fsp3) is 0.333. The summed E-state index contributed by atoms with van der Waals surface area (Å²) in [5, 5.41) is 16.0. The van der Waals surface area contributed by atoms with Gasteiger partial charge in [0.25, 0.3) is 5.91 Å². The molecule has 0 spiro atoms. The van der Waals surface area contributed by atoms with E-state index in [1.54, 1.807) is 6.08 Å². The van der Waals surface area contributed by atoms with Gasteiger partial charge in [-0.25, -0.2) is 0 Å². The number of hydrogen-bond acceptors (Lipinski definition) is 4. The van der Waals surface area contributed by atoms with Crippen LogP contribution in [0.3, 0.4) is 0 Å². The van der Waals surface area contributed by atoms with E-state index in [-0.39, 0.29) is 17.3 Å². The summed E-state index contributed by atoms with van der Waals surface area (Å²) < 4.78 is 2.18. The summed E-state index contributed by atoms with van der Waals surface area (Å²) in [5.74, 6) is -0.295. The van der Waals surface area contributed by atoms with Crippen LogP contribution in [-0.2, 0) is 4.79 Å². The molecule has 0 aliphatic carbocycles. The quantitative estimate of drug-likeness (QED) is 0.631. The molecule has 1 aromatic carbocycles. The summed E-state index contributed by atoms with van der Waals surface area (Å²) >= 11 is 1.39. The second-order valence-electron chi connectivity index (χ2n) is 8.05. The van der Waals surface area contributed by atoms with Gasteiger partial charge in [-0.1, -0.05) is 19.4 Å². The third-order valence-electron chi connectivity index (χ3n) is 5.76. The van der Waals surface area contributed by atoms with Crippen molar-refractivity contribution < 1.29 is 4.79 Å². The number of fused-ring (bicyclic) bond motifs is 1. The van der Waals surface area contributed by atoms with E-state index in [1.165, 1.54) is 27.9 Å². The first-order chi connectivity index (χ1) is 14.8. The number of rotatable bonds is 5. The Balaban J connectivity index is 1.69. The third kappa shape index (κ3) is 3.90. The highest BCUT2D eigenvalue weighted by Gasteiger charge is 2.35. The average Bonchev–Trinajstić information content (AvgIpc) is 3.26. The number of nitrogens with one attached hydrogen (secondary N) is 1. The van der Waals surface area contributed by atoms with E-state index in [1.807, 2.05) is 13.0 Å². The highest BCUT2D eigenvalue weighted by molar-refractivity contribution is 8.26. The average molecular weight is 434 g/mol. The largest absolute Gasteiger partial charge is 0.318 e. The minimum atomic E-state index is -0.383. The Hall–Kier alpha value is -2.93. The maximum Gasteiger partial charge on any atom is 0.283 e. The molecule has 2 aromatic rings.